The Morgan fingerprint density at radius 3 is 2.54 bits per heavy atom. The second kappa shape index (κ2) is 13.3. The molecular weight excluding hydrogens is 546 g/mol. The summed E-state index contributed by atoms with van der Waals surface area (Å²) in [5, 5.41) is 8.46. The predicted molar refractivity (Wildman–Crippen MR) is 156 cm³/mol. The number of nitrogens with zero attached hydrogens (tertiary/aromatic N) is 5. The molecule has 0 atom stereocenters. The van der Waals surface area contributed by atoms with Crippen LogP contribution in [0, 0.1) is 5.82 Å². The summed E-state index contributed by atoms with van der Waals surface area (Å²) in [6.45, 7) is 0.919. The zero-order valence-corrected chi connectivity index (χ0v) is 23.1. The molecule has 210 valence electrons. The molecule has 3 aromatic heterocycles. The lowest BCUT2D eigenvalue weighted by atomic mass is 10.1. The Balaban J connectivity index is 1.35. The van der Waals surface area contributed by atoms with Gasteiger partial charge in [-0.2, -0.15) is 0 Å². The van der Waals surface area contributed by atoms with Gasteiger partial charge in [0.25, 0.3) is 5.91 Å². The number of fused-ring (bicyclic) bond motifs is 1. The van der Waals surface area contributed by atoms with Crippen LogP contribution < -0.4 is 5.32 Å². The van der Waals surface area contributed by atoms with Crippen LogP contribution >= 0.6 is 11.6 Å². The number of benzene rings is 2. The lowest BCUT2D eigenvalue weighted by Gasteiger charge is -2.23. The molecular formula is C31H29ClF2N6O. The Bertz CT molecular complexity index is 1610. The van der Waals surface area contributed by atoms with Crippen LogP contribution in [0.5, 0.6) is 0 Å². The molecule has 0 unspecified atom stereocenters. The number of unbranched alkanes of at least 4 members (excludes halogenated alkanes) is 1. The van der Waals surface area contributed by atoms with Crippen LogP contribution in [0.4, 0.5) is 14.6 Å². The van der Waals surface area contributed by atoms with E-state index in [9.17, 15) is 13.6 Å². The Morgan fingerprint density at radius 2 is 1.78 bits per heavy atom. The van der Waals surface area contributed by atoms with Crippen LogP contribution in [0.25, 0.3) is 16.9 Å². The maximum atomic E-state index is 14.2. The van der Waals surface area contributed by atoms with Gasteiger partial charge in [0.2, 0.25) is 0 Å². The average Bonchev–Trinajstić information content (AvgIpc) is 3.42. The van der Waals surface area contributed by atoms with Gasteiger partial charge in [-0.05, 0) is 66.9 Å². The molecule has 0 spiro atoms. The number of halogens is 3. The molecule has 5 rings (SSSR count). The second-order valence-corrected chi connectivity index (χ2v) is 10.0. The molecule has 41 heavy (non-hydrogen) atoms. The third kappa shape index (κ3) is 7.05. The summed E-state index contributed by atoms with van der Waals surface area (Å²) in [5.41, 5.74) is 4.03. The minimum Gasteiger partial charge on any atom is -0.369 e. The van der Waals surface area contributed by atoms with Crippen molar-refractivity contribution in [3.63, 3.8) is 0 Å². The first-order valence-electron chi connectivity index (χ1n) is 13.4. The maximum Gasteiger partial charge on any atom is 0.254 e. The number of hydrogen-bond acceptors (Lipinski definition) is 5. The average molecular weight is 575 g/mol. The molecule has 2 aromatic carbocycles. The van der Waals surface area contributed by atoms with E-state index in [4.69, 9.17) is 11.6 Å². The van der Waals surface area contributed by atoms with E-state index in [2.05, 4.69) is 20.4 Å². The van der Waals surface area contributed by atoms with Crippen LogP contribution in [-0.4, -0.2) is 50.2 Å². The van der Waals surface area contributed by atoms with Gasteiger partial charge >= 0.3 is 0 Å². The summed E-state index contributed by atoms with van der Waals surface area (Å²) in [5.74, 6) is 0.0963. The minimum atomic E-state index is -0.393. The monoisotopic (exact) mass is 574 g/mol. The summed E-state index contributed by atoms with van der Waals surface area (Å²) in [6, 6.07) is 21.2. The zero-order valence-electron chi connectivity index (χ0n) is 22.3. The van der Waals surface area contributed by atoms with Crippen molar-refractivity contribution in [2.45, 2.75) is 25.8 Å². The topological polar surface area (TPSA) is 75.4 Å². The fourth-order valence-electron chi connectivity index (χ4n) is 4.47. The normalized spacial score (nSPS) is 11.1. The van der Waals surface area contributed by atoms with Gasteiger partial charge in [-0.15, -0.1) is 5.10 Å². The van der Waals surface area contributed by atoms with Crippen molar-refractivity contribution in [3.8, 4) is 11.3 Å². The van der Waals surface area contributed by atoms with E-state index in [0.717, 1.165) is 16.8 Å². The quantitative estimate of drug-likeness (QED) is 0.169. The van der Waals surface area contributed by atoms with Gasteiger partial charge in [0, 0.05) is 48.4 Å². The lowest BCUT2D eigenvalue weighted by molar-refractivity contribution is 0.0744. The van der Waals surface area contributed by atoms with E-state index in [1.54, 1.807) is 52.1 Å². The Kier molecular flexibility index (Phi) is 9.15. The van der Waals surface area contributed by atoms with Gasteiger partial charge < -0.3 is 10.2 Å². The number of nitrogens with one attached hydrogen (secondary N) is 1. The fourth-order valence-corrected chi connectivity index (χ4v) is 4.60. The smallest absolute Gasteiger partial charge is 0.254 e. The van der Waals surface area contributed by atoms with Crippen LogP contribution in [0.2, 0.25) is 5.02 Å². The fraction of sp³-hybridized carbons (Fsp3) is 0.226. The number of alkyl halides is 1. The van der Waals surface area contributed by atoms with Crippen molar-refractivity contribution in [1.82, 2.24) is 24.5 Å². The van der Waals surface area contributed by atoms with E-state index >= 15 is 0 Å². The molecule has 3 heterocycles. The van der Waals surface area contributed by atoms with E-state index in [0.29, 0.717) is 53.7 Å². The highest BCUT2D eigenvalue weighted by molar-refractivity contribution is 6.30. The molecule has 5 aromatic rings. The molecule has 0 saturated carbocycles. The number of rotatable bonds is 12. The number of aromatic nitrogens is 4. The van der Waals surface area contributed by atoms with Gasteiger partial charge in [-0.25, -0.2) is 13.9 Å². The van der Waals surface area contributed by atoms with E-state index in [1.165, 1.54) is 6.07 Å². The SMILES string of the molecule is O=C(c1ccc(-c2cnc3ccc(NCCCCF)nn23)cc1)N(CCc1ncccc1F)Cc1ccc(Cl)cc1. The van der Waals surface area contributed by atoms with Crippen LogP contribution in [0.15, 0.2) is 85.2 Å². The number of anilines is 1. The molecule has 0 bridgehead atoms. The number of carbonyl (C=O) groups is 1. The molecule has 1 amide bonds. The highest BCUT2D eigenvalue weighted by Gasteiger charge is 2.18. The lowest BCUT2D eigenvalue weighted by Crippen LogP contribution is -2.32. The molecule has 0 aliphatic carbocycles. The largest absolute Gasteiger partial charge is 0.369 e. The van der Waals surface area contributed by atoms with Gasteiger partial charge in [0.15, 0.2) is 5.65 Å². The number of amides is 1. The van der Waals surface area contributed by atoms with Crippen molar-refractivity contribution in [2.75, 3.05) is 25.1 Å². The molecule has 1 N–H and O–H groups in total. The predicted octanol–water partition coefficient (Wildman–Crippen LogP) is 6.63. The van der Waals surface area contributed by atoms with Crippen molar-refractivity contribution in [3.05, 3.63) is 113 Å². The Labute approximate surface area is 241 Å². The Hall–Kier alpha value is -4.37. The third-order valence-corrected chi connectivity index (χ3v) is 6.94. The standard InChI is InChI=1S/C31H29ClF2N6O/c32-25-11-5-22(6-12-25)21-39(19-15-27-26(34)4-3-18-35-27)31(41)24-9-7-23(8-10-24)28-20-37-30-14-13-29(38-40(28)30)36-17-2-1-16-33/h3-14,18,20H,1-2,15-17,19,21H2,(H,36,38). The summed E-state index contributed by atoms with van der Waals surface area (Å²) in [7, 11) is 0. The second-order valence-electron chi connectivity index (χ2n) is 9.57. The van der Waals surface area contributed by atoms with Gasteiger partial charge in [0.1, 0.15) is 11.6 Å². The number of imidazole rings is 1. The van der Waals surface area contributed by atoms with Crippen LogP contribution in [0.1, 0.15) is 34.5 Å². The summed E-state index contributed by atoms with van der Waals surface area (Å²) >= 11 is 6.04. The number of pyridine rings is 1. The highest BCUT2D eigenvalue weighted by atomic mass is 35.5. The van der Waals surface area contributed by atoms with E-state index in [-0.39, 0.29) is 25.5 Å². The van der Waals surface area contributed by atoms with Crippen molar-refractivity contribution >= 4 is 29.0 Å². The maximum absolute atomic E-state index is 14.2. The third-order valence-electron chi connectivity index (χ3n) is 6.68. The zero-order chi connectivity index (χ0) is 28.6. The van der Waals surface area contributed by atoms with Crippen molar-refractivity contribution < 1.29 is 13.6 Å². The van der Waals surface area contributed by atoms with Gasteiger partial charge in [0.05, 0.1) is 24.3 Å². The van der Waals surface area contributed by atoms with Gasteiger partial charge in [-0.1, -0.05) is 35.9 Å². The number of carbonyl (C=O) groups excluding carboxylic acids is 1. The van der Waals surface area contributed by atoms with E-state index < -0.39 is 5.82 Å². The molecule has 7 nitrogen and oxygen atoms in total. The first-order valence-corrected chi connectivity index (χ1v) is 13.8. The molecule has 0 aliphatic heterocycles. The summed E-state index contributed by atoms with van der Waals surface area (Å²) in [6.07, 6.45) is 4.79. The first kappa shape index (κ1) is 28.2. The highest BCUT2D eigenvalue weighted by Crippen LogP contribution is 2.23. The van der Waals surface area contributed by atoms with Crippen molar-refractivity contribution in [1.29, 1.82) is 0 Å². The van der Waals surface area contributed by atoms with Crippen LogP contribution in [0.3, 0.4) is 0 Å². The summed E-state index contributed by atoms with van der Waals surface area (Å²) in [4.78, 5) is 23.9. The summed E-state index contributed by atoms with van der Waals surface area (Å²) < 4.78 is 28.4. The minimum absolute atomic E-state index is 0.182. The van der Waals surface area contributed by atoms with Crippen molar-refractivity contribution in [2.24, 2.45) is 0 Å². The molecule has 0 fully saturated rings. The van der Waals surface area contributed by atoms with Crippen LogP contribution in [-0.2, 0) is 13.0 Å². The van der Waals surface area contributed by atoms with E-state index in [1.807, 2.05) is 36.4 Å². The molecule has 10 heteroatoms. The molecule has 0 radical (unpaired) electrons. The molecule has 0 saturated heterocycles. The number of hydrogen-bond donors (Lipinski definition) is 1. The first-order chi connectivity index (χ1) is 20.0. The Morgan fingerprint density at radius 1 is 0.976 bits per heavy atom. The molecule has 0 aliphatic rings. The van der Waals surface area contributed by atoms with Gasteiger partial charge in [-0.3, -0.25) is 14.2 Å².